The molecule has 0 aliphatic carbocycles. The molecule has 0 saturated heterocycles. The molecular weight excluding hydrogens is 379 g/mol. The van der Waals surface area contributed by atoms with Gasteiger partial charge in [0.2, 0.25) is 11.8 Å². The van der Waals surface area contributed by atoms with E-state index >= 15 is 0 Å². The van der Waals surface area contributed by atoms with Crippen molar-refractivity contribution in [1.29, 1.82) is 0 Å². The largest absolute Gasteiger partial charge is 0.352 e. The van der Waals surface area contributed by atoms with Crippen molar-refractivity contribution in [3.8, 4) is 0 Å². The first-order valence-electron chi connectivity index (χ1n) is 9.40. The maximum atomic E-state index is 14.0. The van der Waals surface area contributed by atoms with Crippen molar-refractivity contribution in [3.05, 3.63) is 70.5 Å². The van der Waals surface area contributed by atoms with Crippen LogP contribution in [0.25, 0.3) is 0 Å². The topological polar surface area (TPSA) is 49.4 Å². The Labute approximate surface area is 170 Å². The summed E-state index contributed by atoms with van der Waals surface area (Å²) in [7, 11) is 0. The van der Waals surface area contributed by atoms with Crippen LogP contribution in [0.15, 0.2) is 48.5 Å². The van der Waals surface area contributed by atoms with Crippen LogP contribution >= 0.6 is 11.6 Å². The fraction of sp³-hybridized carbons (Fsp3) is 0.364. The van der Waals surface area contributed by atoms with E-state index in [1.54, 1.807) is 37.3 Å². The molecule has 0 radical (unpaired) electrons. The number of hydrogen-bond acceptors (Lipinski definition) is 2. The van der Waals surface area contributed by atoms with E-state index in [0.29, 0.717) is 10.6 Å². The zero-order valence-corrected chi connectivity index (χ0v) is 17.2. The van der Waals surface area contributed by atoms with Crippen molar-refractivity contribution in [2.45, 2.75) is 52.2 Å². The van der Waals surface area contributed by atoms with Crippen LogP contribution in [0.2, 0.25) is 5.02 Å². The van der Waals surface area contributed by atoms with Crippen molar-refractivity contribution < 1.29 is 14.0 Å². The van der Waals surface area contributed by atoms with Crippen LogP contribution in [0.5, 0.6) is 0 Å². The van der Waals surface area contributed by atoms with Gasteiger partial charge in [-0.15, -0.1) is 0 Å². The molecule has 2 rings (SSSR count). The van der Waals surface area contributed by atoms with E-state index in [4.69, 9.17) is 11.6 Å². The number of benzene rings is 2. The lowest BCUT2D eigenvalue weighted by molar-refractivity contribution is -0.140. The molecule has 4 nitrogen and oxygen atoms in total. The highest BCUT2D eigenvalue weighted by Crippen LogP contribution is 2.20. The maximum Gasteiger partial charge on any atom is 0.242 e. The molecular formula is C22H26ClFN2O2. The van der Waals surface area contributed by atoms with Crippen LogP contribution < -0.4 is 5.32 Å². The van der Waals surface area contributed by atoms with Gasteiger partial charge in [0.15, 0.2) is 0 Å². The molecule has 0 unspecified atom stereocenters. The monoisotopic (exact) mass is 404 g/mol. The van der Waals surface area contributed by atoms with Crippen LogP contribution in [0, 0.1) is 5.82 Å². The highest BCUT2D eigenvalue weighted by atomic mass is 35.5. The second kappa shape index (κ2) is 10.2. The van der Waals surface area contributed by atoms with Crippen LogP contribution in [-0.4, -0.2) is 28.8 Å². The first kappa shape index (κ1) is 21.9. The molecule has 28 heavy (non-hydrogen) atoms. The molecule has 2 aromatic carbocycles. The predicted molar refractivity (Wildman–Crippen MR) is 109 cm³/mol. The summed E-state index contributed by atoms with van der Waals surface area (Å²) in [6.07, 6.45) is 0.657. The molecule has 0 spiro atoms. The summed E-state index contributed by atoms with van der Waals surface area (Å²) in [5, 5.41) is 3.41. The molecule has 0 aromatic heterocycles. The van der Waals surface area contributed by atoms with Crippen LogP contribution in [0.3, 0.4) is 0 Å². The summed E-state index contributed by atoms with van der Waals surface area (Å²) < 4.78 is 14.0. The molecule has 2 amide bonds. The Balaban J connectivity index is 2.26. The highest BCUT2D eigenvalue weighted by molar-refractivity contribution is 6.31. The smallest absolute Gasteiger partial charge is 0.242 e. The second-order valence-corrected chi connectivity index (χ2v) is 7.28. The number of halogens is 2. The average Bonchev–Trinajstić information content (AvgIpc) is 2.68. The first-order chi connectivity index (χ1) is 13.3. The zero-order valence-electron chi connectivity index (χ0n) is 16.4. The van der Waals surface area contributed by atoms with Gasteiger partial charge < -0.3 is 10.2 Å². The summed E-state index contributed by atoms with van der Waals surface area (Å²) in [6.45, 7) is 5.72. The molecule has 0 fully saturated rings. The number of nitrogens with zero attached hydrogens (tertiary/aromatic N) is 1. The molecule has 0 saturated carbocycles. The Kier molecular flexibility index (Phi) is 8.00. The van der Waals surface area contributed by atoms with Gasteiger partial charge in [0.25, 0.3) is 0 Å². The zero-order chi connectivity index (χ0) is 20.7. The van der Waals surface area contributed by atoms with E-state index in [1.807, 2.05) is 26.0 Å². The highest BCUT2D eigenvalue weighted by Gasteiger charge is 2.27. The number of rotatable bonds is 8. The molecule has 0 aliphatic rings. The third-order valence-electron chi connectivity index (χ3n) is 4.77. The Hall–Kier alpha value is -2.40. The number of carbonyl (C=O) groups is 2. The van der Waals surface area contributed by atoms with E-state index in [2.05, 4.69) is 5.32 Å². The normalized spacial score (nSPS) is 12.9. The quantitative estimate of drug-likeness (QED) is 0.710. The third-order valence-corrected chi connectivity index (χ3v) is 5.14. The van der Waals surface area contributed by atoms with Crippen molar-refractivity contribution in [2.24, 2.45) is 0 Å². The maximum absolute atomic E-state index is 14.0. The SMILES string of the molecule is CC[C@@H](C)NC(=O)[C@H](C)N(Cc1ccccc1Cl)C(=O)Cc1ccccc1F. The van der Waals surface area contributed by atoms with Crippen LogP contribution in [0.4, 0.5) is 4.39 Å². The molecule has 0 aliphatic heterocycles. The first-order valence-corrected chi connectivity index (χ1v) is 9.77. The molecule has 6 heteroatoms. The van der Waals surface area contributed by atoms with Gasteiger partial charge in [-0.05, 0) is 43.5 Å². The van der Waals surface area contributed by atoms with E-state index < -0.39 is 11.9 Å². The van der Waals surface area contributed by atoms with Gasteiger partial charge in [0.05, 0.1) is 6.42 Å². The van der Waals surface area contributed by atoms with Crippen molar-refractivity contribution >= 4 is 23.4 Å². The standard InChI is InChI=1S/C22H26ClFN2O2/c1-4-15(2)25-22(28)16(3)26(14-18-10-5-7-11-19(18)23)21(27)13-17-9-6-8-12-20(17)24/h5-12,15-16H,4,13-14H2,1-3H3,(H,25,28)/t15-,16+/m1/s1. The van der Waals surface area contributed by atoms with E-state index in [1.165, 1.54) is 11.0 Å². The Bertz CT molecular complexity index is 828. The Morgan fingerprint density at radius 3 is 2.29 bits per heavy atom. The second-order valence-electron chi connectivity index (χ2n) is 6.88. The lowest BCUT2D eigenvalue weighted by Gasteiger charge is -2.30. The molecule has 2 aromatic rings. The summed E-state index contributed by atoms with van der Waals surface area (Å²) in [4.78, 5) is 27.1. The van der Waals surface area contributed by atoms with E-state index in [0.717, 1.165) is 12.0 Å². The van der Waals surface area contributed by atoms with Crippen molar-refractivity contribution in [1.82, 2.24) is 10.2 Å². The van der Waals surface area contributed by atoms with Crippen molar-refractivity contribution in [3.63, 3.8) is 0 Å². The van der Waals surface area contributed by atoms with Gasteiger partial charge in [-0.2, -0.15) is 0 Å². The number of carbonyl (C=O) groups excluding carboxylic acids is 2. The van der Waals surface area contributed by atoms with Crippen molar-refractivity contribution in [2.75, 3.05) is 0 Å². The van der Waals surface area contributed by atoms with Crippen LogP contribution in [0.1, 0.15) is 38.3 Å². The summed E-state index contributed by atoms with van der Waals surface area (Å²) in [5.41, 5.74) is 1.03. The van der Waals surface area contributed by atoms with Crippen LogP contribution in [-0.2, 0) is 22.6 Å². The summed E-state index contributed by atoms with van der Waals surface area (Å²) in [5.74, 6) is -1.02. The van der Waals surface area contributed by atoms with Gasteiger partial charge in [-0.25, -0.2) is 4.39 Å². The molecule has 2 atom stereocenters. The van der Waals surface area contributed by atoms with Gasteiger partial charge in [-0.1, -0.05) is 54.9 Å². The van der Waals surface area contributed by atoms with Gasteiger partial charge in [0, 0.05) is 17.6 Å². The molecule has 150 valence electrons. The van der Waals surface area contributed by atoms with E-state index in [9.17, 15) is 14.0 Å². The fourth-order valence-electron chi connectivity index (χ4n) is 2.76. The van der Waals surface area contributed by atoms with Gasteiger partial charge >= 0.3 is 0 Å². The third kappa shape index (κ3) is 5.80. The summed E-state index contributed by atoms with van der Waals surface area (Å²) in [6, 6.07) is 12.6. The number of hydrogen-bond donors (Lipinski definition) is 1. The van der Waals surface area contributed by atoms with E-state index in [-0.39, 0.29) is 30.8 Å². The number of amides is 2. The lowest BCUT2D eigenvalue weighted by Crippen LogP contribution is -2.50. The fourth-order valence-corrected chi connectivity index (χ4v) is 2.96. The molecule has 0 heterocycles. The van der Waals surface area contributed by atoms with Gasteiger partial charge in [0.1, 0.15) is 11.9 Å². The minimum absolute atomic E-state index is 0.00113. The minimum Gasteiger partial charge on any atom is -0.352 e. The van der Waals surface area contributed by atoms with Gasteiger partial charge in [-0.3, -0.25) is 9.59 Å². The predicted octanol–water partition coefficient (Wildman–Crippen LogP) is 4.35. The summed E-state index contributed by atoms with van der Waals surface area (Å²) >= 11 is 6.25. The average molecular weight is 405 g/mol. The Morgan fingerprint density at radius 1 is 1.07 bits per heavy atom. The molecule has 0 bridgehead atoms. The minimum atomic E-state index is -0.718. The Morgan fingerprint density at radius 2 is 1.68 bits per heavy atom. The number of nitrogens with one attached hydrogen (secondary N) is 1. The lowest BCUT2D eigenvalue weighted by atomic mass is 10.1. The molecule has 1 N–H and O–H groups in total.